The molecule has 0 fully saturated rings. The summed E-state index contributed by atoms with van der Waals surface area (Å²) in [6.45, 7) is 10.4. The van der Waals surface area contributed by atoms with Gasteiger partial charge in [-0.2, -0.15) is 0 Å². The maximum atomic E-state index is 2.26. The van der Waals surface area contributed by atoms with Crippen molar-refractivity contribution in [3.8, 4) is 0 Å². The van der Waals surface area contributed by atoms with Crippen LogP contribution >= 0.6 is 0 Å². The molecule has 66 valence electrons. The van der Waals surface area contributed by atoms with Crippen LogP contribution in [0.25, 0.3) is 0 Å². The number of rotatable bonds is 3. The van der Waals surface area contributed by atoms with E-state index in [1.165, 1.54) is 18.4 Å². The van der Waals surface area contributed by atoms with Crippen LogP contribution in [0.15, 0.2) is 23.8 Å². The molecule has 0 bridgehead atoms. The number of unbranched alkanes of at least 4 members (excludes halogenated alkanes) is 1. The van der Waals surface area contributed by atoms with E-state index in [0.717, 1.165) is 0 Å². The second-order valence-corrected chi connectivity index (χ2v) is 2.24. The Hall–Kier alpha value is -0.520. The summed E-state index contributed by atoms with van der Waals surface area (Å²) in [5.41, 5.74) is 1.37. The van der Waals surface area contributed by atoms with Crippen molar-refractivity contribution in [2.24, 2.45) is 0 Å². The zero-order valence-electron chi connectivity index (χ0n) is 8.65. The monoisotopic (exact) mass is 154 g/mol. The normalized spacial score (nSPS) is 11.2. The van der Waals surface area contributed by atoms with Crippen LogP contribution in [0.2, 0.25) is 0 Å². The summed E-state index contributed by atoms with van der Waals surface area (Å²) in [5.74, 6) is 0. The lowest BCUT2D eigenvalue weighted by molar-refractivity contribution is 0.952. The Morgan fingerprint density at radius 2 is 1.82 bits per heavy atom. The molecule has 0 aliphatic rings. The van der Waals surface area contributed by atoms with E-state index in [0.29, 0.717) is 0 Å². The third-order valence-corrected chi connectivity index (χ3v) is 1.18. The molecule has 0 aliphatic carbocycles. The lowest BCUT2D eigenvalue weighted by Crippen LogP contribution is -1.67. The fraction of sp³-hybridized carbons (Fsp3) is 0.636. The molecule has 0 heteroatoms. The van der Waals surface area contributed by atoms with Crippen molar-refractivity contribution in [3.05, 3.63) is 23.8 Å². The first kappa shape index (κ1) is 13.1. The maximum absolute atomic E-state index is 2.26. The lowest BCUT2D eigenvalue weighted by Gasteiger charge is -1.88. The van der Waals surface area contributed by atoms with Gasteiger partial charge in [0.2, 0.25) is 0 Å². The van der Waals surface area contributed by atoms with Gasteiger partial charge in [-0.1, -0.05) is 51.0 Å². The fourth-order valence-corrected chi connectivity index (χ4v) is 0.703. The van der Waals surface area contributed by atoms with Gasteiger partial charge in [0.25, 0.3) is 0 Å². The van der Waals surface area contributed by atoms with E-state index >= 15 is 0 Å². The smallest absolute Gasteiger partial charge is 0.0348 e. The van der Waals surface area contributed by atoms with Crippen molar-refractivity contribution in [2.75, 3.05) is 0 Å². The van der Waals surface area contributed by atoms with Gasteiger partial charge in [0, 0.05) is 0 Å². The average molecular weight is 154 g/mol. The highest BCUT2D eigenvalue weighted by Crippen LogP contribution is 1.98. The molecule has 0 unspecified atom stereocenters. The summed E-state index contributed by atoms with van der Waals surface area (Å²) in [6, 6.07) is 0. The number of hydrogen-bond donors (Lipinski definition) is 0. The van der Waals surface area contributed by atoms with E-state index in [1.54, 1.807) is 0 Å². The summed E-state index contributed by atoms with van der Waals surface area (Å²) in [4.78, 5) is 0. The van der Waals surface area contributed by atoms with E-state index < -0.39 is 0 Å². The summed E-state index contributed by atoms with van der Waals surface area (Å²) >= 11 is 0. The first-order valence-electron chi connectivity index (χ1n) is 4.60. The molecule has 11 heavy (non-hydrogen) atoms. The first-order valence-corrected chi connectivity index (χ1v) is 4.60. The molecule has 0 saturated carbocycles. The summed E-state index contributed by atoms with van der Waals surface area (Å²) < 4.78 is 0. The van der Waals surface area contributed by atoms with Crippen molar-refractivity contribution in [1.29, 1.82) is 0 Å². The molecule has 0 nitrogen and oxygen atoms in total. The third kappa shape index (κ3) is 12.6. The molecule has 0 rings (SSSR count). The molecule has 0 N–H and O–H groups in total. The lowest BCUT2D eigenvalue weighted by atomic mass is 10.2. The molecule has 0 aromatic heterocycles. The van der Waals surface area contributed by atoms with Crippen LogP contribution < -0.4 is 0 Å². The Bertz CT molecular complexity index is 107. The fourth-order valence-electron chi connectivity index (χ4n) is 0.703. The minimum absolute atomic E-state index is 1.20. The second kappa shape index (κ2) is 12.2. The number of hydrogen-bond acceptors (Lipinski definition) is 0. The van der Waals surface area contributed by atoms with E-state index in [9.17, 15) is 0 Å². The third-order valence-electron chi connectivity index (χ3n) is 1.18. The Morgan fingerprint density at radius 1 is 1.27 bits per heavy atom. The predicted molar refractivity (Wildman–Crippen MR) is 54.8 cm³/mol. The van der Waals surface area contributed by atoms with Crippen molar-refractivity contribution >= 4 is 0 Å². The molecule has 0 heterocycles. The summed E-state index contributed by atoms with van der Waals surface area (Å²) in [7, 11) is 0. The Balaban J connectivity index is 0. The molecule has 0 aromatic rings. The minimum atomic E-state index is 1.20. The van der Waals surface area contributed by atoms with Crippen LogP contribution in [0, 0.1) is 0 Å². The zero-order valence-corrected chi connectivity index (χ0v) is 8.65. The van der Waals surface area contributed by atoms with E-state index in [-0.39, 0.29) is 0 Å². The van der Waals surface area contributed by atoms with Gasteiger partial charge < -0.3 is 0 Å². The summed E-state index contributed by atoms with van der Waals surface area (Å²) in [6.07, 6.45) is 8.92. The van der Waals surface area contributed by atoms with Crippen LogP contribution in [-0.4, -0.2) is 0 Å². The highest BCUT2D eigenvalue weighted by molar-refractivity contribution is 5.14. The highest BCUT2D eigenvalue weighted by Gasteiger charge is 1.77. The van der Waals surface area contributed by atoms with Crippen LogP contribution in [0.5, 0.6) is 0 Å². The SMILES string of the molecule is C/C=C\C(C)=C/CCC.CC. The minimum Gasteiger partial charge on any atom is -0.0874 e. The van der Waals surface area contributed by atoms with Crippen LogP contribution in [0.1, 0.15) is 47.5 Å². The topological polar surface area (TPSA) is 0 Å². The van der Waals surface area contributed by atoms with Gasteiger partial charge in [0.1, 0.15) is 0 Å². The van der Waals surface area contributed by atoms with Gasteiger partial charge in [0.15, 0.2) is 0 Å². The molecule has 0 aromatic carbocycles. The van der Waals surface area contributed by atoms with Crippen molar-refractivity contribution in [3.63, 3.8) is 0 Å². The highest BCUT2D eigenvalue weighted by atomic mass is 13.8. The molecule has 0 saturated heterocycles. The van der Waals surface area contributed by atoms with Gasteiger partial charge in [-0.3, -0.25) is 0 Å². The largest absolute Gasteiger partial charge is 0.0874 e. The van der Waals surface area contributed by atoms with Gasteiger partial charge in [-0.05, 0) is 20.3 Å². The quantitative estimate of drug-likeness (QED) is 0.531. The van der Waals surface area contributed by atoms with Crippen molar-refractivity contribution in [1.82, 2.24) is 0 Å². The van der Waals surface area contributed by atoms with Gasteiger partial charge >= 0.3 is 0 Å². The molecule has 0 spiro atoms. The van der Waals surface area contributed by atoms with Crippen LogP contribution in [-0.2, 0) is 0 Å². The van der Waals surface area contributed by atoms with Crippen molar-refractivity contribution in [2.45, 2.75) is 47.5 Å². The molecule has 0 aliphatic heterocycles. The standard InChI is InChI=1S/C9H16.C2H6/c1-4-6-8-9(3)7-5-2;1-2/h5,7-8H,4,6H2,1-3H3;1-2H3/b7-5-,9-8-;. The molecule has 0 radical (unpaired) electrons. The van der Waals surface area contributed by atoms with Gasteiger partial charge in [-0.25, -0.2) is 0 Å². The molecule has 0 atom stereocenters. The van der Waals surface area contributed by atoms with Gasteiger partial charge in [0.05, 0.1) is 0 Å². The summed E-state index contributed by atoms with van der Waals surface area (Å²) in [5, 5.41) is 0. The van der Waals surface area contributed by atoms with Crippen molar-refractivity contribution < 1.29 is 0 Å². The maximum Gasteiger partial charge on any atom is -0.0348 e. The Kier molecular flexibility index (Phi) is 14.5. The second-order valence-electron chi connectivity index (χ2n) is 2.24. The molecule has 0 amide bonds. The van der Waals surface area contributed by atoms with Gasteiger partial charge in [-0.15, -0.1) is 0 Å². The van der Waals surface area contributed by atoms with E-state index in [2.05, 4.69) is 32.1 Å². The average Bonchev–Trinajstić information content (AvgIpc) is 2.05. The first-order chi connectivity index (χ1) is 5.31. The molecular formula is C11H22. The Labute approximate surface area is 72.0 Å². The van der Waals surface area contributed by atoms with E-state index in [1.807, 2.05) is 20.8 Å². The Morgan fingerprint density at radius 3 is 2.18 bits per heavy atom. The van der Waals surface area contributed by atoms with Crippen LogP contribution in [0.3, 0.4) is 0 Å². The number of allylic oxidation sites excluding steroid dienone is 4. The molecular weight excluding hydrogens is 132 g/mol. The van der Waals surface area contributed by atoms with Crippen LogP contribution in [0.4, 0.5) is 0 Å². The van der Waals surface area contributed by atoms with E-state index in [4.69, 9.17) is 0 Å². The predicted octanol–water partition coefficient (Wildman–Crippen LogP) is 4.34. The zero-order chi connectivity index (χ0) is 9.11.